The Bertz CT molecular complexity index is 750. The number of rotatable bonds is 1. The number of hydrogen-bond donors (Lipinski definition) is 1. The fourth-order valence-electron chi connectivity index (χ4n) is 4.85. The third-order valence-corrected chi connectivity index (χ3v) is 5.24. The van der Waals surface area contributed by atoms with Crippen molar-refractivity contribution >= 4 is 16.8 Å². The van der Waals surface area contributed by atoms with E-state index in [0.29, 0.717) is 17.2 Å². The van der Waals surface area contributed by atoms with Crippen LogP contribution in [-0.4, -0.2) is 38.6 Å². The molecule has 0 spiro atoms. The summed E-state index contributed by atoms with van der Waals surface area (Å²) in [6, 6.07) is 2.19. The molecule has 2 aromatic rings. The van der Waals surface area contributed by atoms with Crippen LogP contribution in [0.3, 0.4) is 0 Å². The zero-order valence-electron chi connectivity index (χ0n) is 13.4. The quantitative estimate of drug-likeness (QED) is 0.880. The molecule has 5 heteroatoms. The van der Waals surface area contributed by atoms with Crippen molar-refractivity contribution in [2.75, 3.05) is 6.54 Å². The summed E-state index contributed by atoms with van der Waals surface area (Å²) >= 11 is 0. The normalized spacial score (nSPS) is 30.0. The first-order valence-corrected chi connectivity index (χ1v) is 7.96. The van der Waals surface area contributed by atoms with Crippen LogP contribution in [0.15, 0.2) is 18.5 Å². The van der Waals surface area contributed by atoms with Gasteiger partial charge in [0.25, 0.3) is 5.91 Å². The number of fused-ring (bicyclic) bond motifs is 3. The molecule has 1 aliphatic heterocycles. The Kier molecular flexibility index (Phi) is 2.69. The van der Waals surface area contributed by atoms with Gasteiger partial charge in [-0.05, 0) is 36.2 Å². The largest absolute Gasteiger partial charge is 0.334 e. The topological polar surface area (TPSA) is 61.9 Å². The van der Waals surface area contributed by atoms with Crippen LogP contribution in [0.25, 0.3) is 10.9 Å². The lowest BCUT2D eigenvalue weighted by Gasteiger charge is -2.39. The molecule has 2 fully saturated rings. The number of hydrogen-bond acceptors (Lipinski definition) is 3. The van der Waals surface area contributed by atoms with E-state index < -0.39 is 0 Å². The van der Waals surface area contributed by atoms with E-state index in [2.05, 4.69) is 40.9 Å². The summed E-state index contributed by atoms with van der Waals surface area (Å²) in [5.41, 5.74) is 1.93. The minimum absolute atomic E-state index is 0.0469. The highest BCUT2D eigenvalue weighted by atomic mass is 16.2. The van der Waals surface area contributed by atoms with E-state index in [9.17, 15) is 4.79 Å². The van der Waals surface area contributed by atoms with Gasteiger partial charge in [-0.15, -0.1) is 0 Å². The summed E-state index contributed by atoms with van der Waals surface area (Å²) in [6.45, 7) is 7.80. The molecule has 2 atom stereocenters. The van der Waals surface area contributed by atoms with Gasteiger partial charge in [-0.25, -0.2) is 0 Å². The molecule has 1 saturated carbocycles. The van der Waals surface area contributed by atoms with Gasteiger partial charge < -0.3 is 4.90 Å². The highest BCUT2D eigenvalue weighted by Crippen LogP contribution is 2.52. The van der Waals surface area contributed by atoms with E-state index in [0.717, 1.165) is 30.3 Å². The number of carbonyl (C=O) groups is 1. The van der Waals surface area contributed by atoms with Crippen molar-refractivity contribution in [2.24, 2.45) is 10.8 Å². The van der Waals surface area contributed by atoms with Crippen LogP contribution in [0.2, 0.25) is 0 Å². The van der Waals surface area contributed by atoms with Crippen molar-refractivity contribution in [1.82, 2.24) is 20.1 Å². The summed E-state index contributed by atoms with van der Waals surface area (Å²) in [4.78, 5) is 19.2. The molecule has 2 aliphatic rings. The van der Waals surface area contributed by atoms with E-state index in [4.69, 9.17) is 0 Å². The van der Waals surface area contributed by atoms with Gasteiger partial charge in [0.1, 0.15) is 0 Å². The second kappa shape index (κ2) is 4.31. The van der Waals surface area contributed by atoms with Gasteiger partial charge in [0.15, 0.2) is 5.69 Å². The summed E-state index contributed by atoms with van der Waals surface area (Å²) in [7, 11) is 0. The predicted molar refractivity (Wildman–Crippen MR) is 84.5 cm³/mol. The van der Waals surface area contributed by atoms with Crippen LogP contribution < -0.4 is 0 Å². The van der Waals surface area contributed by atoms with Crippen LogP contribution in [0.1, 0.15) is 50.5 Å². The summed E-state index contributed by atoms with van der Waals surface area (Å²) in [6.07, 6.45) is 6.81. The van der Waals surface area contributed by atoms with E-state index in [1.165, 1.54) is 6.42 Å². The Hall–Kier alpha value is -1.91. The van der Waals surface area contributed by atoms with Gasteiger partial charge in [-0.3, -0.25) is 14.9 Å². The predicted octanol–water partition coefficient (Wildman–Crippen LogP) is 3.00. The van der Waals surface area contributed by atoms with Crippen molar-refractivity contribution in [2.45, 2.75) is 46.1 Å². The molecule has 2 unspecified atom stereocenters. The summed E-state index contributed by atoms with van der Waals surface area (Å²) in [5.74, 6) is 0.0469. The van der Waals surface area contributed by atoms with Crippen LogP contribution >= 0.6 is 0 Å². The average Bonchev–Trinajstić information content (AvgIpc) is 2.95. The third kappa shape index (κ3) is 2.02. The van der Waals surface area contributed by atoms with E-state index >= 15 is 0 Å². The smallest absolute Gasteiger partial charge is 0.275 e. The van der Waals surface area contributed by atoms with E-state index in [-0.39, 0.29) is 11.3 Å². The first-order valence-electron chi connectivity index (χ1n) is 7.96. The Morgan fingerprint density at radius 3 is 3.00 bits per heavy atom. The molecule has 22 heavy (non-hydrogen) atoms. The maximum atomic E-state index is 13.0. The minimum atomic E-state index is 0.0469. The van der Waals surface area contributed by atoms with Crippen molar-refractivity contribution in [1.29, 1.82) is 0 Å². The molecule has 1 aliphatic carbocycles. The number of amides is 1. The Balaban J connectivity index is 1.69. The monoisotopic (exact) mass is 298 g/mol. The number of pyridine rings is 1. The van der Waals surface area contributed by atoms with Crippen LogP contribution in [0.5, 0.6) is 0 Å². The molecule has 4 rings (SSSR count). The van der Waals surface area contributed by atoms with E-state index in [1.54, 1.807) is 12.4 Å². The second-order valence-electron chi connectivity index (χ2n) is 8.14. The molecule has 5 nitrogen and oxygen atoms in total. The van der Waals surface area contributed by atoms with Gasteiger partial charge in [0.05, 0.1) is 10.9 Å². The number of carbonyl (C=O) groups excluding carboxylic acids is 1. The Morgan fingerprint density at radius 1 is 1.36 bits per heavy atom. The number of aromatic nitrogens is 3. The number of H-pyrrole nitrogens is 1. The van der Waals surface area contributed by atoms with E-state index in [1.807, 2.05) is 6.07 Å². The lowest BCUT2D eigenvalue weighted by atomic mass is 9.65. The zero-order valence-corrected chi connectivity index (χ0v) is 13.4. The molecule has 2 bridgehead atoms. The zero-order chi connectivity index (χ0) is 15.5. The maximum Gasteiger partial charge on any atom is 0.275 e. The molecule has 1 amide bonds. The minimum Gasteiger partial charge on any atom is -0.334 e. The number of aromatic amines is 1. The van der Waals surface area contributed by atoms with Gasteiger partial charge in [0, 0.05) is 25.0 Å². The SMILES string of the molecule is CC1(C)CC2CC(C)(CN2C(=O)c2n[nH]c3ccncc23)C1. The molecular formula is C17H22N4O. The molecule has 3 heterocycles. The van der Waals surface area contributed by atoms with Crippen LogP contribution in [0.4, 0.5) is 0 Å². The Labute approximate surface area is 130 Å². The highest BCUT2D eigenvalue weighted by molar-refractivity contribution is 6.04. The second-order valence-corrected chi connectivity index (χ2v) is 8.14. The van der Waals surface area contributed by atoms with Crippen molar-refractivity contribution < 1.29 is 4.79 Å². The highest BCUT2D eigenvalue weighted by Gasteiger charge is 2.51. The first kappa shape index (κ1) is 13.7. The number of nitrogens with one attached hydrogen (secondary N) is 1. The fourth-order valence-corrected chi connectivity index (χ4v) is 4.85. The lowest BCUT2D eigenvalue weighted by Crippen LogP contribution is -2.38. The van der Waals surface area contributed by atoms with Crippen LogP contribution in [-0.2, 0) is 0 Å². The molecule has 0 aromatic carbocycles. The lowest BCUT2D eigenvalue weighted by molar-refractivity contribution is 0.0704. The number of likely N-dealkylation sites (tertiary alicyclic amines) is 1. The van der Waals surface area contributed by atoms with Crippen LogP contribution in [0, 0.1) is 10.8 Å². The maximum absolute atomic E-state index is 13.0. The van der Waals surface area contributed by atoms with Gasteiger partial charge >= 0.3 is 0 Å². The summed E-state index contributed by atoms with van der Waals surface area (Å²) in [5, 5.41) is 8.02. The summed E-state index contributed by atoms with van der Waals surface area (Å²) < 4.78 is 0. The average molecular weight is 298 g/mol. The van der Waals surface area contributed by atoms with Gasteiger partial charge in [0.2, 0.25) is 0 Å². The Morgan fingerprint density at radius 2 is 2.18 bits per heavy atom. The van der Waals surface area contributed by atoms with Crippen molar-refractivity contribution in [3.05, 3.63) is 24.2 Å². The standard InChI is InChI=1S/C17H22N4O/c1-16(2)6-11-7-17(3,9-16)10-21(11)15(22)14-12-8-18-5-4-13(12)19-20-14/h4-5,8,11H,6-7,9-10H2,1-3H3,(H,19,20). The van der Waals surface area contributed by atoms with Gasteiger partial charge in [-0.1, -0.05) is 20.8 Å². The van der Waals surface area contributed by atoms with Gasteiger partial charge in [-0.2, -0.15) is 5.10 Å². The van der Waals surface area contributed by atoms with Crippen molar-refractivity contribution in [3.63, 3.8) is 0 Å². The molecule has 2 aromatic heterocycles. The number of nitrogens with zero attached hydrogens (tertiary/aromatic N) is 3. The molecule has 116 valence electrons. The molecule has 1 saturated heterocycles. The molecular weight excluding hydrogens is 276 g/mol. The van der Waals surface area contributed by atoms with Crippen molar-refractivity contribution in [3.8, 4) is 0 Å². The fraction of sp³-hybridized carbons (Fsp3) is 0.588. The third-order valence-electron chi connectivity index (χ3n) is 5.24. The first-order chi connectivity index (χ1) is 10.4. The molecule has 0 radical (unpaired) electrons. The molecule has 1 N–H and O–H groups in total.